The number of benzene rings is 1. The molecule has 0 unspecified atom stereocenters. The first-order valence-electron chi connectivity index (χ1n) is 5.98. The lowest BCUT2D eigenvalue weighted by Crippen LogP contribution is -2.26. The molecule has 0 fully saturated rings. The molecule has 19 heavy (non-hydrogen) atoms. The Hall–Kier alpha value is -1.27. The zero-order valence-electron chi connectivity index (χ0n) is 11.4. The van der Waals surface area contributed by atoms with Gasteiger partial charge in [0.1, 0.15) is 16.0 Å². The molecule has 5 nitrogen and oxygen atoms in total. The first-order chi connectivity index (χ1) is 9.13. The average Bonchev–Trinajstić information content (AvgIpc) is 2.43. The minimum atomic E-state index is -0.139. The maximum atomic E-state index is 12.0. The first-order valence-corrected chi connectivity index (χ1v) is 6.77. The molecule has 0 bridgehead atoms. The molecular weight excluding hydrogens is 312 g/mol. The van der Waals surface area contributed by atoms with E-state index in [0.29, 0.717) is 28.1 Å². The molecule has 2 N–H and O–H groups in total. The topological polar surface area (TPSA) is 59.6 Å². The minimum absolute atomic E-state index is 0.139. The highest BCUT2D eigenvalue weighted by molar-refractivity contribution is 9.10. The molecule has 0 heterocycles. The van der Waals surface area contributed by atoms with Crippen LogP contribution in [0.5, 0.6) is 11.5 Å². The normalized spacial score (nSPS) is 10.1. The molecule has 0 aromatic heterocycles. The van der Waals surface area contributed by atoms with Gasteiger partial charge in [0.2, 0.25) is 0 Å². The van der Waals surface area contributed by atoms with Gasteiger partial charge < -0.3 is 20.1 Å². The van der Waals surface area contributed by atoms with E-state index >= 15 is 0 Å². The SMILES string of the molecule is CNCCCNC(=O)c1cc(OC)c(Br)c(OC)c1. The van der Waals surface area contributed by atoms with Gasteiger partial charge in [-0.15, -0.1) is 0 Å². The molecule has 1 amide bonds. The van der Waals surface area contributed by atoms with Gasteiger partial charge in [-0.25, -0.2) is 0 Å². The number of rotatable bonds is 7. The molecule has 0 saturated carbocycles. The fraction of sp³-hybridized carbons (Fsp3) is 0.462. The predicted molar refractivity (Wildman–Crippen MR) is 78.1 cm³/mol. The third kappa shape index (κ3) is 4.40. The second-order valence-corrected chi connectivity index (χ2v) is 4.70. The van der Waals surface area contributed by atoms with Crippen molar-refractivity contribution in [2.24, 2.45) is 0 Å². The summed E-state index contributed by atoms with van der Waals surface area (Å²) in [5.41, 5.74) is 0.515. The van der Waals surface area contributed by atoms with Crippen LogP contribution < -0.4 is 20.1 Å². The summed E-state index contributed by atoms with van der Waals surface area (Å²) in [5.74, 6) is 1.000. The van der Waals surface area contributed by atoms with Gasteiger partial charge in [-0.3, -0.25) is 4.79 Å². The summed E-state index contributed by atoms with van der Waals surface area (Å²) in [6.45, 7) is 1.49. The van der Waals surface area contributed by atoms with Crippen molar-refractivity contribution in [3.63, 3.8) is 0 Å². The molecule has 0 aliphatic rings. The van der Waals surface area contributed by atoms with Crippen molar-refractivity contribution < 1.29 is 14.3 Å². The second kappa shape index (κ2) is 8.01. The monoisotopic (exact) mass is 330 g/mol. The van der Waals surface area contributed by atoms with E-state index in [-0.39, 0.29) is 5.91 Å². The third-order valence-electron chi connectivity index (χ3n) is 2.60. The van der Waals surface area contributed by atoms with Crippen LogP contribution in [0.2, 0.25) is 0 Å². The smallest absolute Gasteiger partial charge is 0.251 e. The maximum Gasteiger partial charge on any atom is 0.251 e. The maximum absolute atomic E-state index is 12.0. The number of amides is 1. The van der Waals surface area contributed by atoms with E-state index < -0.39 is 0 Å². The van der Waals surface area contributed by atoms with Crippen molar-refractivity contribution in [3.8, 4) is 11.5 Å². The van der Waals surface area contributed by atoms with Crippen LogP contribution in [0, 0.1) is 0 Å². The van der Waals surface area contributed by atoms with Crippen molar-refractivity contribution in [1.82, 2.24) is 10.6 Å². The number of halogens is 1. The molecule has 0 aliphatic carbocycles. The van der Waals surface area contributed by atoms with E-state index in [9.17, 15) is 4.79 Å². The number of carbonyl (C=O) groups is 1. The summed E-state index contributed by atoms with van der Waals surface area (Å²) in [6, 6.07) is 3.36. The lowest BCUT2D eigenvalue weighted by atomic mass is 10.2. The van der Waals surface area contributed by atoms with Crippen molar-refractivity contribution in [2.75, 3.05) is 34.4 Å². The van der Waals surface area contributed by atoms with Crippen LogP contribution in [-0.4, -0.2) is 40.3 Å². The molecule has 0 saturated heterocycles. The molecule has 0 atom stereocenters. The Kier molecular flexibility index (Phi) is 6.66. The Balaban J connectivity index is 2.79. The highest BCUT2D eigenvalue weighted by atomic mass is 79.9. The van der Waals surface area contributed by atoms with Crippen molar-refractivity contribution >= 4 is 21.8 Å². The summed E-state index contributed by atoms with van der Waals surface area (Å²) >= 11 is 3.37. The van der Waals surface area contributed by atoms with Crippen LogP contribution >= 0.6 is 15.9 Å². The van der Waals surface area contributed by atoms with E-state index in [2.05, 4.69) is 26.6 Å². The minimum Gasteiger partial charge on any atom is -0.495 e. The summed E-state index contributed by atoms with van der Waals surface area (Å²) in [4.78, 5) is 12.0. The molecule has 6 heteroatoms. The van der Waals surface area contributed by atoms with Gasteiger partial charge in [0.05, 0.1) is 14.2 Å². The number of carbonyl (C=O) groups excluding carboxylic acids is 1. The van der Waals surface area contributed by atoms with Gasteiger partial charge in [-0.05, 0) is 48.1 Å². The van der Waals surface area contributed by atoms with Crippen LogP contribution in [0.15, 0.2) is 16.6 Å². The van der Waals surface area contributed by atoms with E-state index in [4.69, 9.17) is 9.47 Å². The highest BCUT2D eigenvalue weighted by Crippen LogP contribution is 2.35. The fourth-order valence-electron chi connectivity index (χ4n) is 1.57. The van der Waals surface area contributed by atoms with Crippen molar-refractivity contribution in [1.29, 1.82) is 0 Å². The Bertz CT molecular complexity index is 413. The quantitative estimate of drug-likeness (QED) is 0.748. The Morgan fingerprint density at radius 1 is 1.21 bits per heavy atom. The van der Waals surface area contributed by atoms with Gasteiger partial charge in [-0.1, -0.05) is 0 Å². The summed E-state index contributed by atoms with van der Waals surface area (Å²) in [5, 5.41) is 5.88. The summed E-state index contributed by atoms with van der Waals surface area (Å²) < 4.78 is 11.1. The molecule has 0 radical (unpaired) electrons. The molecule has 0 spiro atoms. The van der Waals surface area contributed by atoms with Gasteiger partial charge in [0, 0.05) is 12.1 Å². The summed E-state index contributed by atoms with van der Waals surface area (Å²) in [7, 11) is 4.98. The summed E-state index contributed by atoms with van der Waals surface area (Å²) in [6.07, 6.45) is 0.882. The van der Waals surface area contributed by atoms with Gasteiger partial charge >= 0.3 is 0 Å². The van der Waals surface area contributed by atoms with Gasteiger partial charge in [0.15, 0.2) is 0 Å². The largest absolute Gasteiger partial charge is 0.495 e. The highest BCUT2D eigenvalue weighted by Gasteiger charge is 2.14. The molecule has 1 rings (SSSR count). The number of hydrogen-bond donors (Lipinski definition) is 2. The lowest BCUT2D eigenvalue weighted by molar-refractivity contribution is 0.0952. The zero-order valence-corrected chi connectivity index (χ0v) is 13.0. The number of nitrogens with one attached hydrogen (secondary N) is 2. The zero-order chi connectivity index (χ0) is 14.3. The third-order valence-corrected chi connectivity index (χ3v) is 3.38. The van der Waals surface area contributed by atoms with Crippen LogP contribution in [0.4, 0.5) is 0 Å². The Labute approximate surface area is 121 Å². The Morgan fingerprint density at radius 2 is 1.79 bits per heavy atom. The number of hydrogen-bond acceptors (Lipinski definition) is 4. The van der Waals surface area contributed by atoms with Gasteiger partial charge in [-0.2, -0.15) is 0 Å². The first kappa shape index (κ1) is 15.8. The van der Waals surface area contributed by atoms with Crippen molar-refractivity contribution in [2.45, 2.75) is 6.42 Å². The Morgan fingerprint density at radius 3 is 2.26 bits per heavy atom. The molecule has 0 aliphatic heterocycles. The van der Waals surface area contributed by atoms with Crippen LogP contribution in [-0.2, 0) is 0 Å². The average molecular weight is 331 g/mol. The van der Waals surface area contributed by atoms with Crippen molar-refractivity contribution in [3.05, 3.63) is 22.2 Å². The second-order valence-electron chi connectivity index (χ2n) is 3.91. The number of methoxy groups -OCH3 is 2. The van der Waals surface area contributed by atoms with Crippen LogP contribution in [0.1, 0.15) is 16.8 Å². The standard InChI is InChI=1S/C13H19BrN2O3/c1-15-5-4-6-16-13(17)9-7-10(18-2)12(14)11(8-9)19-3/h7-8,15H,4-6H2,1-3H3,(H,16,17). The van der Waals surface area contributed by atoms with Crippen LogP contribution in [0.25, 0.3) is 0 Å². The molecule has 106 valence electrons. The lowest BCUT2D eigenvalue weighted by Gasteiger charge is -2.11. The van der Waals surface area contributed by atoms with E-state index in [1.54, 1.807) is 26.4 Å². The van der Waals surface area contributed by atoms with E-state index in [0.717, 1.165) is 13.0 Å². The van der Waals surface area contributed by atoms with Crippen LogP contribution in [0.3, 0.4) is 0 Å². The fourth-order valence-corrected chi connectivity index (χ4v) is 2.12. The number of ether oxygens (including phenoxy) is 2. The van der Waals surface area contributed by atoms with Gasteiger partial charge in [0.25, 0.3) is 5.91 Å². The van der Waals surface area contributed by atoms with E-state index in [1.807, 2.05) is 7.05 Å². The molecular formula is C13H19BrN2O3. The van der Waals surface area contributed by atoms with E-state index in [1.165, 1.54) is 0 Å². The molecule has 1 aromatic carbocycles. The predicted octanol–water partition coefficient (Wildman–Crippen LogP) is 1.81. The molecule has 1 aromatic rings.